The lowest BCUT2D eigenvalue weighted by atomic mass is 9.66. The van der Waals surface area contributed by atoms with E-state index in [-0.39, 0.29) is 56.7 Å². The van der Waals surface area contributed by atoms with Gasteiger partial charge in [0.1, 0.15) is 42.8 Å². The topological polar surface area (TPSA) is 138 Å². The van der Waals surface area contributed by atoms with Crippen LogP contribution >= 0.6 is 0 Å². The van der Waals surface area contributed by atoms with Crippen molar-refractivity contribution in [1.82, 2.24) is 39.2 Å². The van der Waals surface area contributed by atoms with Gasteiger partial charge in [0, 0.05) is 31.5 Å². The van der Waals surface area contributed by atoms with Gasteiger partial charge >= 0.3 is 0 Å². The minimum atomic E-state index is -0.854. The Balaban J connectivity index is 1.66. The SMILES string of the molecule is [B]/C(C#C)=C([B])/C([B])=C(/[B])Cn1c(C(C)NC(=O)c2c(N)nn3cccnc23)nc2cccc(C#Cc3cnn(C)c3C)c2c1=O. The molecule has 0 saturated carbocycles. The van der Waals surface area contributed by atoms with Crippen LogP contribution in [0.5, 0.6) is 0 Å². The molecule has 46 heavy (non-hydrogen) atoms. The monoisotopic (exact) mass is 597 g/mol. The number of benzene rings is 1. The van der Waals surface area contributed by atoms with Gasteiger partial charge in [-0.2, -0.15) is 5.10 Å². The maximum Gasteiger partial charge on any atom is 0.262 e. The number of amides is 1. The number of nitrogens with one attached hydrogen (secondary N) is 1. The maximum atomic E-state index is 14.3. The van der Waals surface area contributed by atoms with Gasteiger partial charge in [-0.05, 0) is 32.0 Å². The Morgan fingerprint density at radius 2 is 1.87 bits per heavy atom. The Hall–Kier alpha value is -5.68. The van der Waals surface area contributed by atoms with E-state index in [1.165, 1.54) is 15.3 Å². The summed E-state index contributed by atoms with van der Waals surface area (Å²) in [5.41, 5.74) is 7.89. The largest absolute Gasteiger partial charge is 0.381 e. The highest BCUT2D eigenvalue weighted by molar-refractivity contribution is 6.44. The van der Waals surface area contributed by atoms with Crippen molar-refractivity contribution in [2.45, 2.75) is 26.4 Å². The third-order valence-corrected chi connectivity index (χ3v) is 7.37. The Labute approximate surface area is 270 Å². The predicted octanol–water partition coefficient (Wildman–Crippen LogP) is 0.685. The zero-order valence-electron chi connectivity index (χ0n) is 25.2. The maximum absolute atomic E-state index is 14.3. The number of aryl methyl sites for hydroxylation is 1. The van der Waals surface area contributed by atoms with Crippen LogP contribution in [0, 0.1) is 31.1 Å². The number of nitrogens with zero attached hydrogens (tertiary/aromatic N) is 7. The van der Waals surface area contributed by atoms with Crippen molar-refractivity contribution in [1.29, 1.82) is 0 Å². The first-order chi connectivity index (χ1) is 21.9. The lowest BCUT2D eigenvalue weighted by Gasteiger charge is -2.21. The molecule has 0 aliphatic carbocycles. The third kappa shape index (κ3) is 5.87. The normalized spacial score (nSPS) is 12.9. The van der Waals surface area contributed by atoms with E-state index in [9.17, 15) is 9.59 Å². The second-order valence-electron chi connectivity index (χ2n) is 10.3. The Kier molecular flexibility index (Phi) is 8.79. The van der Waals surface area contributed by atoms with Gasteiger partial charge in [0.25, 0.3) is 11.5 Å². The first-order valence-electron chi connectivity index (χ1n) is 13.8. The summed E-state index contributed by atoms with van der Waals surface area (Å²) in [6.07, 6.45) is 10.1. The molecule has 0 aliphatic heterocycles. The third-order valence-electron chi connectivity index (χ3n) is 7.37. The van der Waals surface area contributed by atoms with Crippen LogP contribution in [0.3, 0.4) is 0 Å². The summed E-state index contributed by atoms with van der Waals surface area (Å²) in [7, 11) is 26.1. The fraction of sp³-hybridized carbons (Fsp3) is 0.161. The lowest BCUT2D eigenvalue weighted by Crippen LogP contribution is -2.35. The minimum absolute atomic E-state index is 0.00986. The molecule has 1 aromatic carbocycles. The molecule has 0 saturated heterocycles. The van der Waals surface area contributed by atoms with E-state index in [2.05, 4.69) is 38.3 Å². The smallest absolute Gasteiger partial charge is 0.262 e. The van der Waals surface area contributed by atoms with E-state index >= 15 is 0 Å². The second kappa shape index (κ2) is 12.7. The highest BCUT2D eigenvalue weighted by Gasteiger charge is 2.24. The van der Waals surface area contributed by atoms with E-state index in [0.29, 0.717) is 16.6 Å². The van der Waals surface area contributed by atoms with Crippen LogP contribution in [0.25, 0.3) is 16.6 Å². The fourth-order valence-corrected chi connectivity index (χ4v) is 4.73. The highest BCUT2D eigenvalue weighted by atomic mass is 16.2. The summed E-state index contributed by atoms with van der Waals surface area (Å²) < 4.78 is 4.38. The van der Waals surface area contributed by atoms with Crippen molar-refractivity contribution in [3.63, 3.8) is 0 Å². The number of aromatic nitrogens is 7. The van der Waals surface area contributed by atoms with E-state index < -0.39 is 17.5 Å². The standard InChI is InChI=1S/C31H23B4N9O2/c1-5-20(32)25(34)26(35)21(33)15-43-28(16(2)39-30(45)24-27(36)41-44-13-7-12-37-29(24)44)40-22-9-6-8-18(23(22)31(43)46)10-11-19-14-38-42(4)17(19)3/h1,6-9,12-14,16H,15H2,2-4H3,(H2,36,41)(H,39,45)/b25-20-,26-21-. The van der Waals surface area contributed by atoms with Gasteiger partial charge < -0.3 is 11.1 Å². The Morgan fingerprint density at radius 3 is 2.57 bits per heavy atom. The molecular weight excluding hydrogens is 574 g/mol. The molecule has 216 valence electrons. The highest BCUT2D eigenvalue weighted by Crippen LogP contribution is 2.21. The van der Waals surface area contributed by atoms with Gasteiger partial charge in [-0.15, -0.1) is 27.9 Å². The number of anilines is 1. The number of hydrogen-bond donors (Lipinski definition) is 2. The molecular formula is C31H23B4N9O2. The summed E-state index contributed by atoms with van der Waals surface area (Å²) in [6, 6.07) is 5.92. The van der Waals surface area contributed by atoms with Crippen LogP contribution in [0.2, 0.25) is 0 Å². The van der Waals surface area contributed by atoms with Gasteiger partial charge in [-0.3, -0.25) is 18.8 Å². The lowest BCUT2D eigenvalue weighted by molar-refractivity contribution is 0.0939. The van der Waals surface area contributed by atoms with Crippen molar-refractivity contribution in [2.24, 2.45) is 7.05 Å². The molecule has 1 unspecified atom stereocenters. The average Bonchev–Trinajstić information content (AvgIpc) is 3.56. The number of terminal acetylenes is 1. The molecule has 0 bridgehead atoms. The van der Waals surface area contributed by atoms with Crippen molar-refractivity contribution in [3.8, 4) is 24.2 Å². The number of fused-ring (bicyclic) bond motifs is 2. The molecule has 11 nitrogen and oxygen atoms in total. The van der Waals surface area contributed by atoms with Gasteiger partial charge in [-0.25, -0.2) is 14.5 Å². The molecule has 15 heteroatoms. The van der Waals surface area contributed by atoms with Crippen LogP contribution in [-0.2, 0) is 13.6 Å². The molecule has 4 heterocycles. The molecule has 0 spiro atoms. The first-order valence-corrected chi connectivity index (χ1v) is 13.8. The van der Waals surface area contributed by atoms with Crippen LogP contribution < -0.4 is 16.6 Å². The van der Waals surface area contributed by atoms with Crippen LogP contribution in [0.15, 0.2) is 69.5 Å². The number of hydrogen-bond acceptors (Lipinski definition) is 7. The minimum Gasteiger partial charge on any atom is -0.381 e. The van der Waals surface area contributed by atoms with Crippen molar-refractivity contribution in [2.75, 3.05) is 5.73 Å². The Bertz CT molecular complexity index is 2280. The van der Waals surface area contributed by atoms with E-state index in [4.69, 9.17) is 48.5 Å². The van der Waals surface area contributed by atoms with Crippen molar-refractivity contribution < 1.29 is 4.79 Å². The van der Waals surface area contributed by atoms with Gasteiger partial charge in [0.2, 0.25) is 0 Å². The van der Waals surface area contributed by atoms with Crippen molar-refractivity contribution >= 4 is 59.7 Å². The zero-order chi connectivity index (χ0) is 33.3. The molecule has 4 aromatic heterocycles. The number of nitrogen functional groups attached to an aromatic ring is 1. The molecule has 0 fully saturated rings. The average molecular weight is 597 g/mol. The van der Waals surface area contributed by atoms with Gasteiger partial charge in [-0.1, -0.05) is 29.3 Å². The summed E-state index contributed by atoms with van der Waals surface area (Å²) >= 11 is 0. The van der Waals surface area contributed by atoms with E-state index in [1.807, 2.05) is 14.0 Å². The molecule has 1 amide bonds. The summed E-state index contributed by atoms with van der Waals surface area (Å²) in [4.78, 5) is 36.8. The second-order valence-corrected chi connectivity index (χ2v) is 10.3. The van der Waals surface area contributed by atoms with E-state index in [1.54, 1.807) is 48.3 Å². The molecule has 1 atom stereocenters. The summed E-state index contributed by atoms with van der Waals surface area (Å²) in [5.74, 6) is 7.92. The zero-order valence-corrected chi connectivity index (χ0v) is 25.2. The summed E-state index contributed by atoms with van der Waals surface area (Å²) in [5, 5.41) is 11.4. The van der Waals surface area contributed by atoms with Crippen LogP contribution in [0.1, 0.15) is 46.0 Å². The molecule has 5 aromatic rings. The fourth-order valence-electron chi connectivity index (χ4n) is 4.73. The number of rotatable bonds is 6. The molecule has 3 N–H and O–H groups in total. The molecule has 5 rings (SSSR count). The van der Waals surface area contributed by atoms with E-state index in [0.717, 1.165) is 5.69 Å². The van der Waals surface area contributed by atoms with Gasteiger partial charge in [0.15, 0.2) is 11.5 Å². The van der Waals surface area contributed by atoms with Crippen LogP contribution in [-0.4, -0.2) is 71.2 Å². The summed E-state index contributed by atoms with van der Waals surface area (Å²) in [6.45, 7) is 3.27. The number of carbonyl (C=O) groups excluding carboxylic acids is 1. The predicted molar refractivity (Wildman–Crippen MR) is 179 cm³/mol. The van der Waals surface area contributed by atoms with Gasteiger partial charge in [0.05, 0.1) is 34.4 Å². The number of nitrogens with two attached hydrogens (primary N) is 1. The quantitative estimate of drug-likeness (QED) is 0.167. The molecule has 0 aliphatic rings. The van der Waals surface area contributed by atoms with Crippen molar-refractivity contribution in [3.05, 3.63) is 103 Å². The Morgan fingerprint density at radius 1 is 1.13 bits per heavy atom. The number of carbonyl (C=O) groups is 1. The molecule has 8 radical (unpaired) electrons. The number of allylic oxidation sites excluding steroid dienone is 4. The van der Waals surface area contributed by atoms with Crippen LogP contribution in [0.4, 0.5) is 5.82 Å². The first kappa shape index (κ1) is 31.7.